The zero-order chi connectivity index (χ0) is 24.2. The van der Waals surface area contributed by atoms with Gasteiger partial charge in [-0.25, -0.2) is 4.68 Å². The number of hydrogen-bond donors (Lipinski definition) is 1. The molecule has 1 unspecified atom stereocenters. The van der Waals surface area contributed by atoms with E-state index in [1.54, 1.807) is 35.2 Å². The second-order valence-corrected chi connectivity index (χ2v) is 9.03. The fraction of sp³-hybridized carbons (Fsp3) is 0.385. The van der Waals surface area contributed by atoms with Gasteiger partial charge in [0.05, 0.1) is 18.3 Å². The summed E-state index contributed by atoms with van der Waals surface area (Å²) in [6.07, 6.45) is 6.78. The summed E-state index contributed by atoms with van der Waals surface area (Å²) >= 11 is 0. The average Bonchev–Trinajstić information content (AvgIpc) is 3.62. The molecule has 3 heterocycles. The maximum absolute atomic E-state index is 13.8. The summed E-state index contributed by atoms with van der Waals surface area (Å²) in [5.74, 6) is 1.10. The maximum Gasteiger partial charge on any atom is 0.250 e. The smallest absolute Gasteiger partial charge is 0.250 e. The molecule has 3 aromatic heterocycles. The van der Waals surface area contributed by atoms with Crippen molar-refractivity contribution in [2.75, 3.05) is 0 Å². The number of rotatable bonds is 8. The van der Waals surface area contributed by atoms with Crippen molar-refractivity contribution >= 4 is 22.8 Å². The van der Waals surface area contributed by atoms with Crippen LogP contribution in [0.4, 0.5) is 0 Å². The monoisotopic (exact) mass is 475 g/mol. The Labute approximate surface area is 203 Å². The molecule has 0 aliphatic heterocycles. The fourth-order valence-electron chi connectivity index (χ4n) is 4.70. The minimum Gasteiger partial charge on any atom is -0.467 e. The van der Waals surface area contributed by atoms with Gasteiger partial charge in [0.2, 0.25) is 5.91 Å². The van der Waals surface area contributed by atoms with Crippen molar-refractivity contribution < 1.29 is 18.4 Å². The summed E-state index contributed by atoms with van der Waals surface area (Å²) < 4.78 is 13.0. The van der Waals surface area contributed by atoms with Crippen LogP contribution in [0.3, 0.4) is 0 Å². The number of para-hydroxylation sites is 1. The number of hydrogen-bond acceptors (Lipinski definition) is 6. The molecule has 1 fully saturated rings. The van der Waals surface area contributed by atoms with Gasteiger partial charge in [-0.2, -0.15) is 0 Å². The molecule has 182 valence electrons. The number of benzene rings is 1. The highest BCUT2D eigenvalue weighted by Crippen LogP contribution is 2.28. The molecule has 9 nitrogen and oxygen atoms in total. The van der Waals surface area contributed by atoms with Crippen molar-refractivity contribution in [3.05, 3.63) is 72.1 Å². The molecule has 1 aromatic carbocycles. The summed E-state index contributed by atoms with van der Waals surface area (Å²) in [5.41, 5.74) is 1.45. The first-order valence-corrected chi connectivity index (χ1v) is 12.1. The summed E-state index contributed by atoms with van der Waals surface area (Å²) in [4.78, 5) is 29.0. The van der Waals surface area contributed by atoms with E-state index in [4.69, 9.17) is 8.83 Å². The van der Waals surface area contributed by atoms with Crippen LogP contribution in [0.25, 0.3) is 11.0 Å². The summed E-state index contributed by atoms with van der Waals surface area (Å²) in [5, 5.41) is 11.5. The van der Waals surface area contributed by atoms with E-state index >= 15 is 0 Å². The molecule has 1 aliphatic rings. The number of carbonyl (C=O) groups excluding carboxylic acids is 2. The van der Waals surface area contributed by atoms with Crippen molar-refractivity contribution in [2.45, 2.75) is 64.2 Å². The predicted octanol–water partition coefficient (Wildman–Crippen LogP) is 4.14. The van der Waals surface area contributed by atoms with Crippen molar-refractivity contribution in [2.24, 2.45) is 0 Å². The lowest BCUT2D eigenvalue weighted by molar-refractivity contribution is -0.143. The van der Waals surface area contributed by atoms with Gasteiger partial charge < -0.3 is 19.1 Å². The van der Waals surface area contributed by atoms with Crippen LogP contribution in [0, 0.1) is 6.92 Å². The van der Waals surface area contributed by atoms with E-state index in [-0.39, 0.29) is 30.9 Å². The van der Waals surface area contributed by atoms with E-state index < -0.39 is 6.04 Å². The Bertz CT molecular complexity index is 1290. The van der Waals surface area contributed by atoms with Crippen LogP contribution in [0.15, 0.2) is 63.6 Å². The van der Waals surface area contributed by atoms with Gasteiger partial charge in [-0.3, -0.25) is 9.59 Å². The molecular formula is C26H29N5O4. The SMILES string of the molecule is Cc1ccc(C(C(=O)NC2CCCCC2)N(Cc2ccco2)C(=O)Cn2nnc3ccccc32)o1. The lowest BCUT2D eigenvalue weighted by atomic mass is 9.95. The van der Waals surface area contributed by atoms with Crippen molar-refractivity contribution in [1.29, 1.82) is 0 Å². The van der Waals surface area contributed by atoms with Gasteiger partial charge in [-0.1, -0.05) is 36.6 Å². The molecule has 4 aromatic rings. The van der Waals surface area contributed by atoms with E-state index in [1.165, 1.54) is 11.3 Å². The first kappa shape index (κ1) is 22.9. The average molecular weight is 476 g/mol. The van der Waals surface area contributed by atoms with Gasteiger partial charge in [-0.05, 0) is 56.2 Å². The minimum atomic E-state index is -0.946. The number of carbonyl (C=O) groups is 2. The lowest BCUT2D eigenvalue weighted by Gasteiger charge is -2.31. The van der Waals surface area contributed by atoms with E-state index in [2.05, 4.69) is 15.6 Å². The number of aryl methyl sites for hydroxylation is 1. The van der Waals surface area contributed by atoms with Gasteiger partial charge in [0.15, 0.2) is 6.04 Å². The minimum absolute atomic E-state index is 0.0753. The molecule has 0 radical (unpaired) electrons. The molecule has 9 heteroatoms. The Morgan fingerprint density at radius 1 is 1.11 bits per heavy atom. The molecule has 1 saturated carbocycles. The number of fused-ring (bicyclic) bond motifs is 1. The molecule has 0 spiro atoms. The van der Waals surface area contributed by atoms with E-state index in [0.29, 0.717) is 22.8 Å². The normalized spacial score (nSPS) is 15.2. The van der Waals surface area contributed by atoms with Gasteiger partial charge in [0, 0.05) is 6.04 Å². The first-order valence-electron chi connectivity index (χ1n) is 12.1. The Balaban J connectivity index is 1.48. The lowest BCUT2D eigenvalue weighted by Crippen LogP contribution is -2.47. The number of nitrogens with one attached hydrogen (secondary N) is 1. The molecule has 0 bridgehead atoms. The van der Waals surface area contributed by atoms with E-state index in [9.17, 15) is 9.59 Å². The standard InChI is InChI=1S/C26H29N5O4/c1-18-13-14-23(35-18)25(26(33)27-19-8-3-2-4-9-19)30(16-20-10-7-15-34-20)24(32)17-31-22-12-6-5-11-21(22)28-29-31/h5-7,10-15,19,25H,2-4,8-9,16-17H2,1H3,(H,27,33). The van der Waals surface area contributed by atoms with E-state index in [1.807, 2.05) is 31.2 Å². The van der Waals surface area contributed by atoms with Crippen LogP contribution in [-0.2, 0) is 22.7 Å². The second-order valence-electron chi connectivity index (χ2n) is 9.03. The topological polar surface area (TPSA) is 106 Å². The molecule has 1 N–H and O–H groups in total. The fourth-order valence-corrected chi connectivity index (χ4v) is 4.70. The van der Waals surface area contributed by atoms with Crippen LogP contribution in [0.1, 0.15) is 55.4 Å². The molecule has 0 saturated heterocycles. The highest BCUT2D eigenvalue weighted by atomic mass is 16.3. The quantitative estimate of drug-likeness (QED) is 0.410. The number of amides is 2. The second kappa shape index (κ2) is 10.2. The predicted molar refractivity (Wildman–Crippen MR) is 128 cm³/mol. The van der Waals surface area contributed by atoms with Crippen LogP contribution in [-0.4, -0.2) is 37.7 Å². The molecule has 5 rings (SSSR count). The Morgan fingerprint density at radius 3 is 2.69 bits per heavy atom. The summed E-state index contributed by atoms with van der Waals surface area (Å²) in [6, 6.07) is 13.7. The first-order chi connectivity index (χ1) is 17.1. The third-order valence-electron chi connectivity index (χ3n) is 6.47. The molecule has 2 amide bonds. The Kier molecular flexibility index (Phi) is 6.65. The molecular weight excluding hydrogens is 446 g/mol. The van der Waals surface area contributed by atoms with Crippen LogP contribution < -0.4 is 5.32 Å². The van der Waals surface area contributed by atoms with Crippen molar-refractivity contribution in [1.82, 2.24) is 25.2 Å². The molecule has 1 aliphatic carbocycles. The van der Waals surface area contributed by atoms with Crippen LogP contribution >= 0.6 is 0 Å². The number of aromatic nitrogens is 3. The molecule has 35 heavy (non-hydrogen) atoms. The zero-order valence-corrected chi connectivity index (χ0v) is 19.7. The number of nitrogens with zero attached hydrogens (tertiary/aromatic N) is 4. The van der Waals surface area contributed by atoms with Crippen LogP contribution in [0.2, 0.25) is 0 Å². The summed E-state index contributed by atoms with van der Waals surface area (Å²) in [7, 11) is 0. The van der Waals surface area contributed by atoms with Gasteiger partial charge in [0.1, 0.15) is 29.3 Å². The molecule has 1 atom stereocenters. The maximum atomic E-state index is 13.8. The van der Waals surface area contributed by atoms with Gasteiger partial charge in [0.25, 0.3) is 5.91 Å². The summed E-state index contributed by atoms with van der Waals surface area (Å²) in [6.45, 7) is 1.86. The van der Waals surface area contributed by atoms with Crippen molar-refractivity contribution in [3.63, 3.8) is 0 Å². The zero-order valence-electron chi connectivity index (χ0n) is 19.7. The van der Waals surface area contributed by atoms with Crippen LogP contribution in [0.5, 0.6) is 0 Å². The van der Waals surface area contributed by atoms with Gasteiger partial charge in [-0.15, -0.1) is 5.10 Å². The third-order valence-corrected chi connectivity index (χ3v) is 6.47. The van der Waals surface area contributed by atoms with Crippen molar-refractivity contribution in [3.8, 4) is 0 Å². The Hall–Kier alpha value is -3.88. The largest absolute Gasteiger partial charge is 0.467 e. The number of furan rings is 2. The van der Waals surface area contributed by atoms with E-state index in [0.717, 1.165) is 31.2 Å². The highest BCUT2D eigenvalue weighted by Gasteiger charge is 2.36. The third kappa shape index (κ3) is 5.13. The highest BCUT2D eigenvalue weighted by molar-refractivity contribution is 5.89. The Morgan fingerprint density at radius 2 is 1.94 bits per heavy atom. The van der Waals surface area contributed by atoms with Gasteiger partial charge >= 0.3 is 0 Å².